The van der Waals surface area contributed by atoms with Crippen molar-refractivity contribution in [1.82, 2.24) is 5.32 Å². The molecule has 0 amide bonds. The summed E-state index contributed by atoms with van der Waals surface area (Å²) in [5, 5.41) is 3.44. The molecule has 1 aromatic rings. The molecule has 0 fully saturated rings. The molecular formula is C15H22FN. The number of benzene rings is 1. The lowest BCUT2D eigenvalue weighted by molar-refractivity contribution is 0.604. The maximum absolute atomic E-state index is 13.0. The van der Waals surface area contributed by atoms with E-state index in [4.69, 9.17) is 0 Å². The molecular weight excluding hydrogens is 213 g/mol. The predicted octanol–water partition coefficient (Wildman–Crippen LogP) is 3.93. The van der Waals surface area contributed by atoms with E-state index in [2.05, 4.69) is 32.2 Å². The molecule has 1 rings (SSSR count). The molecule has 1 aromatic carbocycles. The topological polar surface area (TPSA) is 12.0 Å². The van der Waals surface area contributed by atoms with Crippen molar-refractivity contribution in [3.63, 3.8) is 0 Å². The monoisotopic (exact) mass is 235 g/mol. The summed E-state index contributed by atoms with van der Waals surface area (Å²) < 4.78 is 13.0. The third-order valence-electron chi connectivity index (χ3n) is 3.00. The van der Waals surface area contributed by atoms with E-state index in [1.54, 1.807) is 6.07 Å². The Labute approximate surface area is 104 Å². The highest BCUT2D eigenvalue weighted by Gasteiger charge is 2.04. The van der Waals surface area contributed by atoms with Crippen LogP contribution in [-0.4, -0.2) is 12.6 Å². The van der Waals surface area contributed by atoms with Gasteiger partial charge in [-0.3, -0.25) is 0 Å². The van der Waals surface area contributed by atoms with Crippen molar-refractivity contribution in [3.8, 4) is 0 Å². The Balaban J connectivity index is 2.79. The SMILES string of the molecule is CCCNC(C)/C(C)=C/c1ccc(F)cc1C. The Morgan fingerprint density at radius 2 is 2.18 bits per heavy atom. The van der Waals surface area contributed by atoms with E-state index in [-0.39, 0.29) is 5.82 Å². The van der Waals surface area contributed by atoms with Crippen molar-refractivity contribution in [3.05, 3.63) is 40.7 Å². The van der Waals surface area contributed by atoms with E-state index in [1.165, 1.54) is 11.6 Å². The first kappa shape index (κ1) is 13.9. The Bertz CT molecular complexity index is 396. The summed E-state index contributed by atoms with van der Waals surface area (Å²) in [6, 6.07) is 5.28. The maximum Gasteiger partial charge on any atom is 0.123 e. The molecule has 1 nitrogen and oxygen atoms in total. The van der Waals surface area contributed by atoms with Crippen LogP contribution >= 0.6 is 0 Å². The second-order valence-corrected chi connectivity index (χ2v) is 4.57. The van der Waals surface area contributed by atoms with Crippen LogP contribution in [0.1, 0.15) is 38.3 Å². The third kappa shape index (κ3) is 4.31. The first-order valence-electron chi connectivity index (χ1n) is 6.22. The average Bonchev–Trinajstić information content (AvgIpc) is 2.29. The predicted molar refractivity (Wildman–Crippen MR) is 72.5 cm³/mol. The maximum atomic E-state index is 13.0. The van der Waals surface area contributed by atoms with Gasteiger partial charge in [0.15, 0.2) is 0 Å². The van der Waals surface area contributed by atoms with Gasteiger partial charge < -0.3 is 5.32 Å². The lowest BCUT2D eigenvalue weighted by Crippen LogP contribution is -2.27. The molecule has 17 heavy (non-hydrogen) atoms. The second-order valence-electron chi connectivity index (χ2n) is 4.57. The standard InChI is InChI=1S/C15H22FN/c1-5-8-17-13(4)11(2)9-14-6-7-15(16)10-12(14)3/h6-7,9-10,13,17H,5,8H2,1-4H3/b11-9+. The van der Waals surface area contributed by atoms with Gasteiger partial charge in [0, 0.05) is 6.04 Å². The van der Waals surface area contributed by atoms with E-state index in [0.29, 0.717) is 6.04 Å². The van der Waals surface area contributed by atoms with Crippen LogP contribution < -0.4 is 5.32 Å². The minimum Gasteiger partial charge on any atom is -0.311 e. The fraction of sp³-hybridized carbons (Fsp3) is 0.467. The number of hydrogen-bond donors (Lipinski definition) is 1. The van der Waals surface area contributed by atoms with Gasteiger partial charge in [-0.2, -0.15) is 0 Å². The Morgan fingerprint density at radius 3 is 2.76 bits per heavy atom. The molecule has 0 spiro atoms. The molecule has 1 unspecified atom stereocenters. The second kappa shape index (κ2) is 6.55. The normalized spacial score (nSPS) is 13.8. The number of halogens is 1. The molecule has 94 valence electrons. The summed E-state index contributed by atoms with van der Waals surface area (Å²) in [5.74, 6) is -0.172. The zero-order valence-corrected chi connectivity index (χ0v) is 11.2. The quantitative estimate of drug-likeness (QED) is 0.815. The first-order chi connectivity index (χ1) is 8.04. The molecule has 0 heterocycles. The van der Waals surface area contributed by atoms with Crippen molar-refractivity contribution < 1.29 is 4.39 Å². The van der Waals surface area contributed by atoms with E-state index in [9.17, 15) is 4.39 Å². The summed E-state index contributed by atoms with van der Waals surface area (Å²) in [6.07, 6.45) is 3.26. The van der Waals surface area contributed by atoms with Crippen LogP contribution in [-0.2, 0) is 0 Å². The Hall–Kier alpha value is -1.15. The van der Waals surface area contributed by atoms with Gasteiger partial charge in [-0.15, -0.1) is 0 Å². The Kier molecular flexibility index (Phi) is 5.36. The van der Waals surface area contributed by atoms with Crippen molar-refractivity contribution in [2.24, 2.45) is 0 Å². The van der Waals surface area contributed by atoms with Crippen LogP contribution in [0.25, 0.3) is 6.08 Å². The molecule has 0 saturated heterocycles. The molecule has 0 aliphatic carbocycles. The first-order valence-corrected chi connectivity index (χ1v) is 6.22. The number of rotatable bonds is 5. The molecule has 1 atom stereocenters. The third-order valence-corrected chi connectivity index (χ3v) is 3.00. The smallest absolute Gasteiger partial charge is 0.123 e. The molecule has 0 saturated carbocycles. The van der Waals surface area contributed by atoms with Gasteiger partial charge in [0.25, 0.3) is 0 Å². The van der Waals surface area contributed by atoms with E-state index < -0.39 is 0 Å². The van der Waals surface area contributed by atoms with Crippen LogP contribution in [0.2, 0.25) is 0 Å². The summed E-state index contributed by atoms with van der Waals surface area (Å²) >= 11 is 0. The number of aryl methyl sites for hydroxylation is 1. The lowest BCUT2D eigenvalue weighted by atomic mass is 10.0. The molecule has 0 aliphatic rings. The largest absolute Gasteiger partial charge is 0.311 e. The summed E-state index contributed by atoms with van der Waals surface area (Å²) in [4.78, 5) is 0. The van der Waals surface area contributed by atoms with Crippen LogP contribution in [0, 0.1) is 12.7 Å². The zero-order chi connectivity index (χ0) is 12.8. The van der Waals surface area contributed by atoms with E-state index in [1.807, 2.05) is 13.0 Å². The minimum atomic E-state index is -0.172. The van der Waals surface area contributed by atoms with Gasteiger partial charge >= 0.3 is 0 Å². The fourth-order valence-corrected chi connectivity index (χ4v) is 1.69. The van der Waals surface area contributed by atoms with Crippen molar-refractivity contribution in [2.75, 3.05) is 6.54 Å². The van der Waals surface area contributed by atoms with Crippen LogP contribution in [0.4, 0.5) is 4.39 Å². The summed E-state index contributed by atoms with van der Waals surface area (Å²) in [6.45, 7) is 9.38. The molecule has 2 heteroatoms. The fourth-order valence-electron chi connectivity index (χ4n) is 1.69. The Morgan fingerprint density at radius 1 is 1.47 bits per heavy atom. The van der Waals surface area contributed by atoms with Gasteiger partial charge in [-0.1, -0.05) is 24.6 Å². The lowest BCUT2D eigenvalue weighted by Gasteiger charge is -2.14. The van der Waals surface area contributed by atoms with Gasteiger partial charge in [-0.25, -0.2) is 4.39 Å². The van der Waals surface area contributed by atoms with Gasteiger partial charge in [0.05, 0.1) is 0 Å². The average molecular weight is 235 g/mol. The molecule has 1 N–H and O–H groups in total. The van der Waals surface area contributed by atoms with E-state index >= 15 is 0 Å². The van der Waals surface area contributed by atoms with Gasteiger partial charge in [-0.05, 0) is 57.0 Å². The summed E-state index contributed by atoms with van der Waals surface area (Å²) in [7, 11) is 0. The number of hydrogen-bond acceptors (Lipinski definition) is 1. The van der Waals surface area contributed by atoms with E-state index in [0.717, 1.165) is 24.1 Å². The van der Waals surface area contributed by atoms with Crippen molar-refractivity contribution in [2.45, 2.75) is 40.2 Å². The van der Waals surface area contributed by atoms with Crippen LogP contribution in [0.5, 0.6) is 0 Å². The van der Waals surface area contributed by atoms with Crippen molar-refractivity contribution >= 4 is 6.08 Å². The highest BCUT2D eigenvalue weighted by molar-refractivity contribution is 5.57. The van der Waals surface area contributed by atoms with Crippen molar-refractivity contribution in [1.29, 1.82) is 0 Å². The molecule has 0 radical (unpaired) electrons. The number of nitrogens with one attached hydrogen (secondary N) is 1. The minimum absolute atomic E-state index is 0.172. The van der Waals surface area contributed by atoms with Crippen LogP contribution in [0.3, 0.4) is 0 Å². The molecule has 0 aromatic heterocycles. The molecule has 0 bridgehead atoms. The molecule has 0 aliphatic heterocycles. The zero-order valence-electron chi connectivity index (χ0n) is 11.2. The van der Waals surface area contributed by atoms with Gasteiger partial charge in [0.2, 0.25) is 0 Å². The highest BCUT2D eigenvalue weighted by atomic mass is 19.1. The summed E-state index contributed by atoms with van der Waals surface area (Å²) in [5.41, 5.74) is 3.34. The van der Waals surface area contributed by atoms with Gasteiger partial charge in [0.1, 0.15) is 5.82 Å². The highest BCUT2D eigenvalue weighted by Crippen LogP contribution is 2.15. The van der Waals surface area contributed by atoms with Crippen LogP contribution in [0.15, 0.2) is 23.8 Å².